The molecule has 0 saturated heterocycles. The van der Waals surface area contributed by atoms with Gasteiger partial charge in [0, 0.05) is 18.4 Å². The van der Waals surface area contributed by atoms with Crippen molar-refractivity contribution in [3.63, 3.8) is 0 Å². The van der Waals surface area contributed by atoms with Gasteiger partial charge in [0.2, 0.25) is 5.91 Å². The molecule has 180 valence electrons. The molecule has 9 nitrogen and oxygen atoms in total. The molecule has 4 aromatic carbocycles. The van der Waals surface area contributed by atoms with Crippen molar-refractivity contribution in [1.29, 1.82) is 0 Å². The molecule has 4 rings (SSSR count). The Labute approximate surface area is 201 Å². The van der Waals surface area contributed by atoms with Crippen LogP contribution < -0.4 is 13.7 Å². The molecule has 0 fully saturated rings. The summed E-state index contributed by atoms with van der Waals surface area (Å²) in [5.41, 5.74) is -0.0457. The Morgan fingerprint density at radius 3 is 1.66 bits per heavy atom. The number of hydrogen-bond donors (Lipinski definition) is 2. The van der Waals surface area contributed by atoms with Gasteiger partial charge in [-0.1, -0.05) is 36.4 Å². The number of aromatic hydroxyl groups is 1. The van der Waals surface area contributed by atoms with Gasteiger partial charge in [0.25, 0.3) is 0 Å². The Bertz CT molecular complexity index is 1610. The van der Waals surface area contributed by atoms with Gasteiger partial charge in [-0.2, -0.15) is 16.8 Å². The smallest absolute Gasteiger partial charge is 0.339 e. The average Bonchev–Trinajstić information content (AvgIpc) is 2.79. The van der Waals surface area contributed by atoms with Crippen molar-refractivity contribution in [2.45, 2.75) is 16.7 Å². The van der Waals surface area contributed by atoms with E-state index in [1.54, 1.807) is 36.4 Å². The van der Waals surface area contributed by atoms with Gasteiger partial charge in [-0.05, 0) is 47.9 Å². The minimum atomic E-state index is -4.39. The maximum absolute atomic E-state index is 13.0. The third kappa shape index (κ3) is 5.36. The van der Waals surface area contributed by atoms with Crippen LogP contribution >= 0.6 is 0 Å². The second-order valence-electron chi connectivity index (χ2n) is 7.39. The third-order valence-corrected chi connectivity index (χ3v) is 7.21. The highest BCUT2D eigenvalue weighted by Gasteiger charge is 2.24. The van der Waals surface area contributed by atoms with E-state index in [4.69, 9.17) is 8.37 Å². The fraction of sp³-hybridized carbons (Fsp3) is 0.0417. The number of nitrogens with one attached hydrogen (secondary N) is 1. The van der Waals surface area contributed by atoms with E-state index in [1.165, 1.54) is 31.2 Å². The number of carbonyl (C=O) groups excluding carboxylic acids is 1. The lowest BCUT2D eigenvalue weighted by Gasteiger charge is -2.14. The van der Waals surface area contributed by atoms with Gasteiger partial charge in [-0.3, -0.25) is 4.79 Å². The van der Waals surface area contributed by atoms with Crippen molar-refractivity contribution in [2.75, 3.05) is 5.32 Å². The van der Waals surface area contributed by atoms with Crippen LogP contribution in [0, 0.1) is 0 Å². The average molecular weight is 514 g/mol. The maximum Gasteiger partial charge on any atom is 0.339 e. The van der Waals surface area contributed by atoms with E-state index in [1.807, 2.05) is 0 Å². The van der Waals surface area contributed by atoms with E-state index >= 15 is 0 Å². The lowest BCUT2D eigenvalue weighted by molar-refractivity contribution is -0.114. The molecule has 0 atom stereocenters. The number of phenolic OH excluding ortho intramolecular Hbond substituents is 1. The summed E-state index contributed by atoms with van der Waals surface area (Å²) < 4.78 is 61.8. The van der Waals surface area contributed by atoms with Gasteiger partial charge in [-0.25, -0.2) is 0 Å². The third-order valence-electron chi connectivity index (χ3n) is 4.76. The Balaban J connectivity index is 1.86. The molecule has 0 unspecified atom stereocenters. The highest BCUT2D eigenvalue weighted by atomic mass is 32.2. The first-order valence-electron chi connectivity index (χ1n) is 10.1. The van der Waals surface area contributed by atoms with E-state index in [9.17, 15) is 26.7 Å². The molecule has 2 N–H and O–H groups in total. The van der Waals surface area contributed by atoms with Crippen molar-refractivity contribution in [2.24, 2.45) is 0 Å². The molecule has 11 heteroatoms. The largest absolute Gasteiger partial charge is 0.507 e. The Morgan fingerprint density at radius 2 is 1.20 bits per heavy atom. The van der Waals surface area contributed by atoms with Crippen LogP contribution in [0.15, 0.2) is 94.7 Å². The first-order chi connectivity index (χ1) is 16.5. The molecular weight excluding hydrogens is 494 g/mol. The van der Waals surface area contributed by atoms with E-state index in [0.717, 1.165) is 24.3 Å². The number of anilines is 1. The highest BCUT2D eigenvalue weighted by molar-refractivity contribution is 7.87. The Morgan fingerprint density at radius 1 is 0.743 bits per heavy atom. The molecule has 4 aromatic rings. The number of rotatable bonds is 7. The summed E-state index contributed by atoms with van der Waals surface area (Å²) in [7, 11) is -8.77. The van der Waals surface area contributed by atoms with Crippen molar-refractivity contribution in [3.8, 4) is 17.2 Å². The molecule has 0 aliphatic rings. The van der Waals surface area contributed by atoms with Crippen molar-refractivity contribution >= 4 is 42.6 Å². The van der Waals surface area contributed by atoms with Crippen LogP contribution in [0.2, 0.25) is 0 Å². The predicted octanol–water partition coefficient (Wildman–Crippen LogP) is 4.04. The fourth-order valence-electron chi connectivity index (χ4n) is 3.32. The Kier molecular flexibility index (Phi) is 6.37. The normalized spacial score (nSPS) is 11.7. The molecule has 0 aliphatic carbocycles. The van der Waals surface area contributed by atoms with Crippen molar-refractivity contribution in [3.05, 3.63) is 84.9 Å². The second-order valence-corrected chi connectivity index (χ2v) is 10.5. The summed E-state index contributed by atoms with van der Waals surface area (Å²) >= 11 is 0. The summed E-state index contributed by atoms with van der Waals surface area (Å²) in [6.45, 7) is 1.21. The minimum absolute atomic E-state index is 0.0155. The van der Waals surface area contributed by atoms with Gasteiger partial charge < -0.3 is 18.8 Å². The molecule has 0 bridgehead atoms. The predicted molar refractivity (Wildman–Crippen MR) is 128 cm³/mol. The zero-order chi connectivity index (χ0) is 25.2. The summed E-state index contributed by atoms with van der Waals surface area (Å²) in [5.74, 6) is -0.925. The number of amides is 1. The topological polar surface area (TPSA) is 136 Å². The first kappa shape index (κ1) is 24.0. The molecule has 0 spiro atoms. The molecule has 0 heterocycles. The minimum Gasteiger partial charge on any atom is -0.507 e. The summed E-state index contributed by atoms with van der Waals surface area (Å²) in [6.07, 6.45) is 0. The number of phenols is 1. The highest BCUT2D eigenvalue weighted by Crippen LogP contribution is 2.37. The quantitative estimate of drug-likeness (QED) is 0.354. The molecule has 0 saturated carbocycles. The van der Waals surface area contributed by atoms with Crippen LogP contribution in [0.1, 0.15) is 6.92 Å². The van der Waals surface area contributed by atoms with E-state index in [-0.39, 0.29) is 32.9 Å². The van der Waals surface area contributed by atoms with Gasteiger partial charge in [0.05, 0.1) is 5.69 Å². The van der Waals surface area contributed by atoms with E-state index < -0.39 is 36.8 Å². The van der Waals surface area contributed by atoms with Gasteiger partial charge >= 0.3 is 20.2 Å². The summed E-state index contributed by atoms with van der Waals surface area (Å²) in [4.78, 5) is 11.0. The number of fused-ring (bicyclic) bond motifs is 1. The van der Waals surface area contributed by atoms with E-state index in [2.05, 4.69) is 5.32 Å². The lowest BCUT2D eigenvalue weighted by atomic mass is 10.1. The SMILES string of the molecule is CC(=O)Nc1cc(S(=O)(=O)Oc2ccccc2)cc2cc(S(=O)(=O)Oc3ccccc3)cc(O)c12. The summed E-state index contributed by atoms with van der Waals surface area (Å²) in [5, 5.41) is 13.2. The second kappa shape index (κ2) is 9.28. The maximum atomic E-state index is 13.0. The molecule has 0 aliphatic heterocycles. The van der Waals surface area contributed by atoms with Crippen LogP contribution in [-0.4, -0.2) is 27.8 Å². The number of carbonyl (C=O) groups is 1. The fourth-order valence-corrected chi connectivity index (χ4v) is 5.30. The van der Waals surface area contributed by atoms with Gasteiger partial charge in [0.1, 0.15) is 27.0 Å². The van der Waals surface area contributed by atoms with E-state index in [0.29, 0.717) is 0 Å². The van der Waals surface area contributed by atoms with Crippen LogP contribution in [0.5, 0.6) is 17.2 Å². The standard InChI is InChI=1S/C24H19NO8S2/c1-16(26)25-22-14-20(34(28,29)32-18-8-4-2-5-9-18)12-17-13-21(15-23(27)24(17)22)35(30,31)33-19-10-6-3-7-11-19/h2-15,27H,1H3,(H,25,26). The van der Waals surface area contributed by atoms with Gasteiger partial charge in [-0.15, -0.1) is 0 Å². The van der Waals surface area contributed by atoms with Gasteiger partial charge in [0.15, 0.2) is 0 Å². The molecule has 0 aromatic heterocycles. The van der Waals surface area contributed by atoms with Crippen LogP contribution in [0.3, 0.4) is 0 Å². The zero-order valence-electron chi connectivity index (χ0n) is 18.2. The number of benzene rings is 4. The molecule has 0 radical (unpaired) electrons. The number of hydrogen-bond acceptors (Lipinski definition) is 8. The van der Waals surface area contributed by atoms with Crippen molar-refractivity contribution < 1.29 is 35.1 Å². The molecular formula is C24H19NO8S2. The van der Waals surface area contributed by atoms with Crippen LogP contribution in [0.25, 0.3) is 10.8 Å². The zero-order valence-corrected chi connectivity index (χ0v) is 19.8. The van der Waals surface area contributed by atoms with Crippen molar-refractivity contribution in [1.82, 2.24) is 0 Å². The van der Waals surface area contributed by atoms with Crippen LogP contribution in [0.4, 0.5) is 5.69 Å². The van der Waals surface area contributed by atoms with Crippen LogP contribution in [-0.2, 0) is 25.0 Å². The number of para-hydroxylation sites is 2. The molecule has 1 amide bonds. The lowest BCUT2D eigenvalue weighted by Crippen LogP contribution is -2.13. The molecule has 35 heavy (non-hydrogen) atoms. The summed E-state index contributed by atoms with van der Waals surface area (Å²) in [6, 6.07) is 19.9. The Hall–Kier alpha value is -4.09. The monoisotopic (exact) mass is 513 g/mol. The first-order valence-corrected chi connectivity index (χ1v) is 12.9.